The van der Waals surface area contributed by atoms with E-state index in [0.29, 0.717) is 24.4 Å². The molecule has 1 aliphatic carbocycles. The van der Waals surface area contributed by atoms with Crippen LogP contribution in [0.4, 0.5) is 10.5 Å². The van der Waals surface area contributed by atoms with Crippen molar-refractivity contribution >= 4 is 39.2 Å². The smallest absolute Gasteiger partial charge is 0.319 e. The van der Waals surface area contributed by atoms with Gasteiger partial charge in [-0.25, -0.2) is 9.78 Å². The van der Waals surface area contributed by atoms with Gasteiger partial charge in [0.1, 0.15) is 0 Å². The third-order valence-electron chi connectivity index (χ3n) is 6.37. The zero-order valence-corrected chi connectivity index (χ0v) is 16.6. The van der Waals surface area contributed by atoms with Crippen molar-refractivity contribution in [3.8, 4) is 0 Å². The zero-order valence-electron chi connectivity index (χ0n) is 15.8. The Morgan fingerprint density at radius 1 is 1.18 bits per heavy atom. The lowest BCUT2D eigenvalue weighted by Crippen LogP contribution is -2.54. The molecular weight excluding hydrogens is 374 g/mol. The Balaban J connectivity index is 1.13. The van der Waals surface area contributed by atoms with Crippen LogP contribution >= 0.6 is 11.3 Å². The fourth-order valence-electron chi connectivity index (χ4n) is 4.93. The number of anilines is 1. The summed E-state index contributed by atoms with van der Waals surface area (Å²) in [4.78, 5) is 33.2. The number of rotatable bonds is 3. The predicted molar refractivity (Wildman–Crippen MR) is 110 cm³/mol. The van der Waals surface area contributed by atoms with E-state index < -0.39 is 0 Å². The fraction of sp³-hybridized carbons (Fsp3) is 0.550. The van der Waals surface area contributed by atoms with E-state index in [4.69, 9.17) is 0 Å². The molecule has 3 unspecified atom stereocenters. The molecule has 3 amide bonds. The Bertz CT molecular complexity index is 900. The molecule has 3 fully saturated rings. The van der Waals surface area contributed by atoms with Gasteiger partial charge in [-0.2, -0.15) is 0 Å². The molecule has 1 saturated carbocycles. The fourth-order valence-corrected chi connectivity index (χ4v) is 5.64. The van der Waals surface area contributed by atoms with E-state index >= 15 is 0 Å². The summed E-state index contributed by atoms with van der Waals surface area (Å²) in [5.74, 6) is 0.323. The van der Waals surface area contributed by atoms with Crippen molar-refractivity contribution in [2.24, 2.45) is 0 Å². The molecule has 7 nitrogen and oxygen atoms in total. The molecule has 1 aromatic heterocycles. The molecule has 1 aromatic carbocycles. The standard InChI is InChI=1S/C20H25N5O2S/c26-19-6-4-16-11-24(7-8-25(16)19)15-3-1-13(9-15)22-20(27)23-14-2-5-17-18(10-14)28-12-21-17/h2,5,10,12-13,15-16H,1,3-4,6-9,11H2,(H2,22,23,27). The SMILES string of the molecule is O=C(Nc1ccc2ncsc2c1)NC1CCC(N2CCN3C(=O)CCC3C2)C1. The van der Waals surface area contributed by atoms with Crippen LogP contribution in [0.25, 0.3) is 10.2 Å². The number of nitrogens with zero attached hydrogens (tertiary/aromatic N) is 3. The lowest BCUT2D eigenvalue weighted by atomic mass is 10.1. The highest BCUT2D eigenvalue weighted by atomic mass is 32.1. The van der Waals surface area contributed by atoms with Gasteiger partial charge in [-0.3, -0.25) is 9.69 Å². The molecule has 148 valence electrons. The van der Waals surface area contributed by atoms with Crippen LogP contribution in [-0.2, 0) is 4.79 Å². The second-order valence-electron chi connectivity index (χ2n) is 8.07. The summed E-state index contributed by atoms with van der Waals surface area (Å²) in [5.41, 5.74) is 3.57. The molecule has 0 bridgehead atoms. The van der Waals surface area contributed by atoms with E-state index in [1.807, 2.05) is 23.7 Å². The largest absolute Gasteiger partial charge is 0.337 e. The van der Waals surface area contributed by atoms with Gasteiger partial charge in [0.15, 0.2) is 0 Å². The maximum Gasteiger partial charge on any atom is 0.319 e. The van der Waals surface area contributed by atoms with E-state index in [1.165, 1.54) is 0 Å². The molecule has 0 spiro atoms. The van der Waals surface area contributed by atoms with Crippen LogP contribution in [0.2, 0.25) is 0 Å². The van der Waals surface area contributed by atoms with Gasteiger partial charge < -0.3 is 15.5 Å². The minimum atomic E-state index is -0.138. The lowest BCUT2D eigenvalue weighted by molar-refractivity contribution is -0.131. The normalized spacial score (nSPS) is 27.9. The number of fused-ring (bicyclic) bond motifs is 2. The molecular formula is C20H25N5O2S. The molecule has 8 heteroatoms. The predicted octanol–water partition coefficient (Wildman–Crippen LogP) is 2.65. The number of carbonyl (C=O) groups excluding carboxylic acids is 2. The second kappa shape index (κ2) is 7.33. The van der Waals surface area contributed by atoms with Crippen molar-refractivity contribution in [3.63, 3.8) is 0 Å². The van der Waals surface area contributed by atoms with Gasteiger partial charge in [0.05, 0.1) is 15.7 Å². The van der Waals surface area contributed by atoms with Gasteiger partial charge in [0.2, 0.25) is 5.91 Å². The topological polar surface area (TPSA) is 77.6 Å². The van der Waals surface area contributed by atoms with E-state index in [-0.39, 0.29) is 12.1 Å². The van der Waals surface area contributed by atoms with Gasteiger partial charge in [-0.15, -0.1) is 11.3 Å². The maximum absolute atomic E-state index is 12.4. The molecule has 28 heavy (non-hydrogen) atoms. The lowest BCUT2D eigenvalue weighted by Gasteiger charge is -2.40. The Kier molecular flexibility index (Phi) is 4.68. The average molecular weight is 400 g/mol. The first-order valence-electron chi connectivity index (χ1n) is 10.1. The van der Waals surface area contributed by atoms with E-state index in [2.05, 4.69) is 25.4 Å². The summed E-state index contributed by atoms with van der Waals surface area (Å²) in [5, 5.41) is 6.09. The summed E-state index contributed by atoms with van der Waals surface area (Å²) in [6.45, 7) is 2.81. The number of urea groups is 1. The highest BCUT2D eigenvalue weighted by Gasteiger charge is 2.39. The van der Waals surface area contributed by atoms with Crippen LogP contribution in [0.1, 0.15) is 32.1 Å². The number of aromatic nitrogens is 1. The van der Waals surface area contributed by atoms with Gasteiger partial charge in [-0.1, -0.05) is 0 Å². The molecule has 5 rings (SSSR count). The van der Waals surface area contributed by atoms with Crippen LogP contribution in [0.5, 0.6) is 0 Å². The molecule has 0 radical (unpaired) electrons. The molecule has 3 atom stereocenters. The molecule has 2 aromatic rings. The van der Waals surface area contributed by atoms with Crippen LogP contribution in [0, 0.1) is 0 Å². The van der Waals surface area contributed by atoms with Crippen LogP contribution < -0.4 is 10.6 Å². The summed E-state index contributed by atoms with van der Waals surface area (Å²) >= 11 is 1.57. The Morgan fingerprint density at radius 2 is 2.11 bits per heavy atom. The van der Waals surface area contributed by atoms with E-state index in [0.717, 1.165) is 61.2 Å². The van der Waals surface area contributed by atoms with Gasteiger partial charge in [0, 0.05) is 49.9 Å². The van der Waals surface area contributed by atoms with Gasteiger partial charge in [-0.05, 0) is 43.9 Å². The van der Waals surface area contributed by atoms with Crippen molar-refractivity contribution < 1.29 is 9.59 Å². The number of hydrogen-bond acceptors (Lipinski definition) is 5. The maximum atomic E-state index is 12.4. The third-order valence-corrected chi connectivity index (χ3v) is 7.16. The Labute approximate surface area is 168 Å². The third kappa shape index (κ3) is 3.46. The van der Waals surface area contributed by atoms with Crippen LogP contribution in [-0.4, -0.2) is 64.5 Å². The number of carbonyl (C=O) groups is 2. The first kappa shape index (κ1) is 17.9. The van der Waals surface area contributed by atoms with E-state index in [1.54, 1.807) is 11.3 Å². The summed E-state index contributed by atoms with van der Waals surface area (Å²) in [7, 11) is 0. The first-order chi connectivity index (χ1) is 13.7. The first-order valence-corrected chi connectivity index (χ1v) is 11.0. The molecule has 3 heterocycles. The summed E-state index contributed by atoms with van der Waals surface area (Å²) in [6, 6.07) is 6.77. The molecule has 3 aliphatic rings. The van der Waals surface area contributed by atoms with Gasteiger partial charge >= 0.3 is 6.03 Å². The highest BCUT2D eigenvalue weighted by molar-refractivity contribution is 7.16. The molecule has 2 N–H and O–H groups in total. The summed E-state index contributed by atoms with van der Waals surface area (Å²) in [6.07, 6.45) is 4.81. The quantitative estimate of drug-likeness (QED) is 0.832. The molecule has 2 aliphatic heterocycles. The average Bonchev–Trinajstić information content (AvgIpc) is 3.41. The summed E-state index contributed by atoms with van der Waals surface area (Å²) < 4.78 is 1.07. The van der Waals surface area contributed by atoms with Crippen LogP contribution in [0.15, 0.2) is 23.7 Å². The minimum absolute atomic E-state index is 0.138. The Morgan fingerprint density at radius 3 is 3.04 bits per heavy atom. The van der Waals surface area contributed by atoms with Crippen molar-refractivity contribution in [1.82, 2.24) is 20.1 Å². The zero-order chi connectivity index (χ0) is 19.1. The number of piperazine rings is 1. The van der Waals surface area contributed by atoms with Gasteiger partial charge in [0.25, 0.3) is 0 Å². The minimum Gasteiger partial charge on any atom is -0.337 e. The second-order valence-corrected chi connectivity index (χ2v) is 8.96. The molecule has 2 saturated heterocycles. The van der Waals surface area contributed by atoms with Crippen molar-refractivity contribution in [1.29, 1.82) is 0 Å². The number of amides is 3. The van der Waals surface area contributed by atoms with Crippen molar-refractivity contribution in [2.45, 2.75) is 50.2 Å². The number of hydrogen-bond donors (Lipinski definition) is 2. The number of nitrogens with one attached hydrogen (secondary N) is 2. The van der Waals surface area contributed by atoms with Crippen molar-refractivity contribution in [2.75, 3.05) is 25.0 Å². The number of thiazole rings is 1. The van der Waals surface area contributed by atoms with Crippen molar-refractivity contribution in [3.05, 3.63) is 23.7 Å². The highest BCUT2D eigenvalue weighted by Crippen LogP contribution is 2.30. The van der Waals surface area contributed by atoms with Crippen LogP contribution in [0.3, 0.4) is 0 Å². The Hall–Kier alpha value is -2.19. The monoisotopic (exact) mass is 399 g/mol. The number of benzene rings is 1. The van der Waals surface area contributed by atoms with E-state index in [9.17, 15) is 9.59 Å².